The normalized spacial score (nSPS) is 26.7. The van der Waals surface area contributed by atoms with Crippen molar-refractivity contribution in [3.05, 3.63) is 65.0 Å². The van der Waals surface area contributed by atoms with Crippen LogP contribution in [0.3, 0.4) is 0 Å². The molecule has 2 aromatic carbocycles. The number of amides is 1. The number of halogens is 4. The molecule has 5 nitrogen and oxygen atoms in total. The zero-order valence-corrected chi connectivity index (χ0v) is 23.1. The number of carbonyl (C=O) groups is 1. The lowest BCUT2D eigenvalue weighted by molar-refractivity contribution is -0.137. The molecule has 0 aromatic heterocycles. The fraction of sp³-hybridized carbons (Fsp3) is 0.562. The zero-order chi connectivity index (χ0) is 29.2. The second-order valence-electron chi connectivity index (χ2n) is 12.3. The van der Waals surface area contributed by atoms with E-state index < -0.39 is 23.5 Å². The first kappa shape index (κ1) is 29.5. The average molecular weight is 572 g/mol. The summed E-state index contributed by atoms with van der Waals surface area (Å²) >= 11 is 0. The van der Waals surface area contributed by atoms with Gasteiger partial charge in [0.05, 0.1) is 23.3 Å². The van der Waals surface area contributed by atoms with Crippen LogP contribution in [-0.2, 0) is 16.4 Å². The van der Waals surface area contributed by atoms with Gasteiger partial charge < -0.3 is 15.3 Å². The minimum atomic E-state index is -4.71. The van der Waals surface area contributed by atoms with Crippen molar-refractivity contribution in [1.82, 2.24) is 4.90 Å². The van der Waals surface area contributed by atoms with Crippen molar-refractivity contribution in [1.29, 1.82) is 5.26 Å². The Kier molecular flexibility index (Phi) is 8.72. The maximum atomic E-state index is 13.9. The second kappa shape index (κ2) is 12.1. The van der Waals surface area contributed by atoms with Crippen LogP contribution in [0.2, 0.25) is 0 Å². The van der Waals surface area contributed by atoms with E-state index in [4.69, 9.17) is 0 Å². The summed E-state index contributed by atoms with van der Waals surface area (Å²) in [5.74, 6) is -0.571. The predicted molar refractivity (Wildman–Crippen MR) is 147 cm³/mol. The van der Waals surface area contributed by atoms with Gasteiger partial charge in [0.1, 0.15) is 5.82 Å². The third kappa shape index (κ3) is 7.10. The van der Waals surface area contributed by atoms with Crippen molar-refractivity contribution in [2.24, 2.45) is 17.8 Å². The molecule has 41 heavy (non-hydrogen) atoms. The van der Waals surface area contributed by atoms with E-state index in [1.54, 1.807) is 0 Å². The summed E-state index contributed by atoms with van der Waals surface area (Å²) in [7, 11) is 0. The molecule has 2 aliphatic carbocycles. The van der Waals surface area contributed by atoms with E-state index in [0.29, 0.717) is 30.0 Å². The number of fused-ring (bicyclic) bond motifs is 1. The summed E-state index contributed by atoms with van der Waals surface area (Å²) in [5, 5.41) is 21.7. The highest BCUT2D eigenvalue weighted by Crippen LogP contribution is 2.64. The molecule has 2 N–H and O–H groups in total. The molecule has 9 heteroatoms. The summed E-state index contributed by atoms with van der Waals surface area (Å²) in [6.07, 6.45) is 2.67. The number of nitrogens with one attached hydrogen (secondary N) is 1. The average Bonchev–Trinajstić information content (AvgIpc) is 3.54. The van der Waals surface area contributed by atoms with Gasteiger partial charge in [0, 0.05) is 25.2 Å². The molecule has 2 unspecified atom stereocenters. The monoisotopic (exact) mass is 571 g/mol. The maximum absolute atomic E-state index is 13.9. The van der Waals surface area contributed by atoms with Gasteiger partial charge in [0.15, 0.2) is 0 Å². The zero-order valence-electron chi connectivity index (χ0n) is 23.1. The van der Waals surface area contributed by atoms with Crippen molar-refractivity contribution in [2.45, 2.75) is 75.5 Å². The van der Waals surface area contributed by atoms with E-state index in [1.807, 2.05) is 18.2 Å². The SMILES string of the molecule is N#Cc1cccc([C@]23CC[C@@H](C(CCCCN4CC[C@@H](O)C4)CC(=O)Nc4cc(F)cc(C(F)(F)F)c4)CC2C3)c1. The van der Waals surface area contributed by atoms with Crippen LogP contribution in [0.25, 0.3) is 0 Å². The van der Waals surface area contributed by atoms with Crippen LogP contribution in [0.5, 0.6) is 0 Å². The minimum Gasteiger partial charge on any atom is -0.392 e. The first-order chi connectivity index (χ1) is 19.6. The number of nitrogens with zero attached hydrogens (tertiary/aromatic N) is 2. The number of alkyl halides is 3. The number of nitriles is 1. The first-order valence-corrected chi connectivity index (χ1v) is 14.6. The molecule has 1 amide bonds. The number of aliphatic hydroxyl groups excluding tert-OH is 1. The minimum absolute atomic E-state index is 0.0684. The van der Waals surface area contributed by atoms with Gasteiger partial charge >= 0.3 is 6.18 Å². The van der Waals surface area contributed by atoms with Gasteiger partial charge in [0.2, 0.25) is 5.91 Å². The third-order valence-electron chi connectivity index (χ3n) is 9.52. The first-order valence-electron chi connectivity index (χ1n) is 14.6. The van der Waals surface area contributed by atoms with Gasteiger partial charge in [-0.1, -0.05) is 18.6 Å². The predicted octanol–water partition coefficient (Wildman–Crippen LogP) is 6.66. The van der Waals surface area contributed by atoms with Crippen LogP contribution in [0.4, 0.5) is 23.2 Å². The molecule has 2 aromatic rings. The van der Waals surface area contributed by atoms with Gasteiger partial charge in [-0.3, -0.25) is 4.79 Å². The lowest BCUT2D eigenvalue weighted by Crippen LogP contribution is -2.28. The number of anilines is 1. The molecule has 2 saturated carbocycles. The van der Waals surface area contributed by atoms with Gasteiger partial charge in [-0.05, 0) is 111 Å². The Labute approximate surface area is 238 Å². The Morgan fingerprint density at radius 2 is 2.02 bits per heavy atom. The van der Waals surface area contributed by atoms with E-state index in [2.05, 4.69) is 22.4 Å². The van der Waals surface area contributed by atoms with Gasteiger partial charge in [-0.15, -0.1) is 0 Å². The number of β-amino-alcohol motifs (C(OH)–C–C–N with tert-alkyl or cyclic N) is 1. The molecule has 1 saturated heterocycles. The highest BCUT2D eigenvalue weighted by atomic mass is 19.4. The number of carbonyl (C=O) groups excluding carboxylic acids is 1. The van der Waals surface area contributed by atoms with Crippen LogP contribution in [0, 0.1) is 34.9 Å². The smallest absolute Gasteiger partial charge is 0.392 e. The molecule has 3 aliphatic rings. The number of hydrogen-bond acceptors (Lipinski definition) is 4. The molecule has 3 fully saturated rings. The second-order valence-corrected chi connectivity index (χ2v) is 12.3. The molecule has 5 rings (SSSR count). The van der Waals surface area contributed by atoms with Crippen LogP contribution < -0.4 is 5.32 Å². The van der Waals surface area contributed by atoms with E-state index in [1.165, 1.54) is 5.56 Å². The molecular formula is C32H37F4N3O2. The van der Waals surface area contributed by atoms with Crippen LogP contribution in [-0.4, -0.2) is 41.7 Å². The summed E-state index contributed by atoms with van der Waals surface area (Å²) < 4.78 is 53.4. The van der Waals surface area contributed by atoms with Crippen LogP contribution in [0.1, 0.15) is 74.5 Å². The molecular weight excluding hydrogens is 534 g/mol. The maximum Gasteiger partial charge on any atom is 0.416 e. The Bertz CT molecular complexity index is 1290. The van der Waals surface area contributed by atoms with Crippen molar-refractivity contribution < 1.29 is 27.5 Å². The fourth-order valence-electron chi connectivity index (χ4n) is 7.28. The molecule has 0 spiro atoms. The van der Waals surface area contributed by atoms with Crippen LogP contribution >= 0.6 is 0 Å². The van der Waals surface area contributed by atoms with E-state index in [9.17, 15) is 32.7 Å². The van der Waals surface area contributed by atoms with Crippen molar-refractivity contribution in [3.8, 4) is 6.07 Å². The number of aliphatic hydroxyl groups is 1. The standard InChI is InChI=1S/C32H37F4N3O2/c33-27-15-25(32(34,35)36)16-28(17-27)38-30(41)14-22(5-1-2-10-39-11-8-29(40)20-39)23-7-9-31(18-26(31)13-23)24-6-3-4-21(12-24)19-37/h3-4,6,12,15-17,22-23,26,29,40H,1-2,5,7-11,13-14,18,20H2,(H,38,41)/t22?,23-,26?,29-,31-/m1/s1. The van der Waals surface area contributed by atoms with E-state index in [-0.39, 0.29) is 29.5 Å². The van der Waals surface area contributed by atoms with E-state index in [0.717, 1.165) is 76.6 Å². The highest BCUT2D eigenvalue weighted by molar-refractivity contribution is 5.91. The summed E-state index contributed by atoms with van der Waals surface area (Å²) in [4.78, 5) is 15.3. The molecule has 1 aliphatic heterocycles. The van der Waals surface area contributed by atoms with Gasteiger partial charge in [0.25, 0.3) is 0 Å². The Balaban J connectivity index is 1.23. The largest absolute Gasteiger partial charge is 0.416 e. The number of benzene rings is 2. The molecule has 0 radical (unpaired) electrons. The Morgan fingerprint density at radius 1 is 1.20 bits per heavy atom. The van der Waals surface area contributed by atoms with Gasteiger partial charge in [-0.2, -0.15) is 18.4 Å². The fourth-order valence-corrected chi connectivity index (χ4v) is 7.28. The number of unbranched alkanes of at least 4 members (excludes halogenated alkanes) is 1. The summed E-state index contributed by atoms with van der Waals surface area (Å²) in [6.45, 7) is 2.48. The van der Waals surface area contributed by atoms with Crippen LogP contribution in [0.15, 0.2) is 42.5 Å². The molecule has 1 heterocycles. The highest BCUT2D eigenvalue weighted by Gasteiger charge is 2.58. The van der Waals surface area contributed by atoms with Crippen molar-refractivity contribution >= 4 is 11.6 Å². The Morgan fingerprint density at radius 3 is 2.73 bits per heavy atom. The van der Waals surface area contributed by atoms with Crippen molar-refractivity contribution in [3.63, 3.8) is 0 Å². The lowest BCUT2D eigenvalue weighted by atomic mass is 9.71. The van der Waals surface area contributed by atoms with E-state index >= 15 is 0 Å². The molecule has 5 atom stereocenters. The number of likely N-dealkylation sites (tertiary alicyclic amines) is 1. The lowest BCUT2D eigenvalue weighted by Gasteiger charge is -2.34. The number of rotatable bonds is 10. The van der Waals surface area contributed by atoms with Gasteiger partial charge in [-0.25, -0.2) is 4.39 Å². The number of hydrogen-bond donors (Lipinski definition) is 2. The van der Waals surface area contributed by atoms with Crippen molar-refractivity contribution in [2.75, 3.05) is 25.0 Å². The molecule has 220 valence electrons. The Hall–Kier alpha value is -2.96. The quantitative estimate of drug-likeness (QED) is 0.247. The topological polar surface area (TPSA) is 76.4 Å². The molecule has 0 bridgehead atoms. The third-order valence-corrected chi connectivity index (χ3v) is 9.52. The summed E-state index contributed by atoms with van der Waals surface area (Å²) in [6, 6.07) is 12.2. The summed E-state index contributed by atoms with van der Waals surface area (Å²) in [5.41, 5.74) is 0.664.